The highest BCUT2D eigenvalue weighted by Gasteiger charge is 2.42. The molecule has 0 spiro atoms. The summed E-state index contributed by atoms with van der Waals surface area (Å²) in [4.78, 5) is 22.0. The standard InChI is InChI=1S/C23H23F2N7O/c1-29-21-17-6-3-7-18(21)32(13-30-8-10-31(17)11-9-30)23(29)20-16(12-26-28-20)27-22(33)19-14(24)4-2-5-15(19)25/h2-7,12,23H,8-11,13H2,1H3,(H,26,28)(H,27,33). The number of nitrogens with one attached hydrogen (secondary N) is 2. The van der Waals surface area contributed by atoms with E-state index in [1.807, 2.05) is 7.05 Å². The summed E-state index contributed by atoms with van der Waals surface area (Å²) < 4.78 is 28.3. The van der Waals surface area contributed by atoms with Gasteiger partial charge >= 0.3 is 0 Å². The van der Waals surface area contributed by atoms with Gasteiger partial charge in [0.05, 0.1) is 35.6 Å². The van der Waals surface area contributed by atoms with Crippen LogP contribution in [0.3, 0.4) is 0 Å². The molecule has 4 aliphatic rings. The van der Waals surface area contributed by atoms with Gasteiger partial charge in [0.25, 0.3) is 5.91 Å². The average Bonchev–Trinajstić information content (AvgIpc) is 3.37. The van der Waals surface area contributed by atoms with Crippen LogP contribution in [0.25, 0.3) is 0 Å². The zero-order valence-corrected chi connectivity index (χ0v) is 18.1. The first-order valence-electron chi connectivity index (χ1n) is 10.9. The molecular formula is C23H23F2N7O. The smallest absolute Gasteiger partial charge is 0.261 e. The number of rotatable bonds is 3. The van der Waals surface area contributed by atoms with Crippen LogP contribution in [-0.2, 0) is 0 Å². The summed E-state index contributed by atoms with van der Waals surface area (Å²) in [6.07, 6.45) is 1.20. The van der Waals surface area contributed by atoms with E-state index in [0.717, 1.165) is 49.7 Å². The number of carbonyl (C=O) groups excluding carboxylic acids is 1. The molecule has 7 rings (SSSR count). The molecule has 2 N–H and O–H groups in total. The van der Waals surface area contributed by atoms with Crippen molar-refractivity contribution in [2.75, 3.05) is 59.9 Å². The highest BCUT2D eigenvalue weighted by molar-refractivity contribution is 6.05. The first-order valence-corrected chi connectivity index (χ1v) is 10.9. The van der Waals surface area contributed by atoms with Gasteiger partial charge in [0, 0.05) is 33.2 Å². The van der Waals surface area contributed by atoms with E-state index >= 15 is 0 Å². The Morgan fingerprint density at radius 2 is 1.76 bits per heavy atom. The third kappa shape index (κ3) is 3.05. The number of hydrogen-bond acceptors (Lipinski definition) is 6. The van der Waals surface area contributed by atoms with E-state index in [-0.39, 0.29) is 6.17 Å². The van der Waals surface area contributed by atoms with Crippen LogP contribution in [0.1, 0.15) is 22.2 Å². The average molecular weight is 451 g/mol. The third-order valence-electron chi connectivity index (χ3n) is 6.75. The Bertz CT molecular complexity index is 1220. The number of fused-ring (bicyclic) bond motifs is 2. The van der Waals surface area contributed by atoms with E-state index in [4.69, 9.17) is 0 Å². The zero-order chi connectivity index (χ0) is 22.7. The molecule has 5 heterocycles. The van der Waals surface area contributed by atoms with Crippen LogP contribution < -0.4 is 20.0 Å². The Labute approximate surface area is 189 Å². The van der Waals surface area contributed by atoms with Crippen molar-refractivity contribution >= 4 is 28.7 Å². The molecule has 1 saturated heterocycles. The van der Waals surface area contributed by atoms with Crippen LogP contribution in [0.2, 0.25) is 0 Å². The van der Waals surface area contributed by atoms with Gasteiger partial charge in [-0.3, -0.25) is 14.8 Å². The molecular weight excluding hydrogens is 428 g/mol. The summed E-state index contributed by atoms with van der Waals surface area (Å²) >= 11 is 0. The monoisotopic (exact) mass is 451 g/mol. The molecule has 33 heavy (non-hydrogen) atoms. The SMILES string of the molecule is CN1c2c3cccc2N(CN2CCN3CC2)C1c1[nH]ncc1NC(=O)c1c(F)cccc1F. The molecule has 2 aromatic carbocycles. The van der Waals surface area contributed by atoms with Crippen molar-refractivity contribution in [3.63, 3.8) is 0 Å². The van der Waals surface area contributed by atoms with Crippen LogP contribution in [0.5, 0.6) is 0 Å². The van der Waals surface area contributed by atoms with E-state index < -0.39 is 23.1 Å². The lowest BCUT2D eigenvalue weighted by molar-refractivity contribution is 0.101. The zero-order valence-electron chi connectivity index (χ0n) is 18.1. The highest BCUT2D eigenvalue weighted by atomic mass is 19.1. The van der Waals surface area contributed by atoms with Gasteiger partial charge in [-0.15, -0.1) is 0 Å². The van der Waals surface area contributed by atoms with Gasteiger partial charge < -0.3 is 20.0 Å². The lowest BCUT2D eigenvalue weighted by Crippen LogP contribution is -2.51. The minimum atomic E-state index is -0.908. The third-order valence-corrected chi connectivity index (χ3v) is 6.75. The molecule has 1 aromatic heterocycles. The lowest BCUT2D eigenvalue weighted by atomic mass is 10.1. The summed E-state index contributed by atoms with van der Waals surface area (Å²) in [5.74, 6) is -2.67. The first-order chi connectivity index (χ1) is 16.0. The van der Waals surface area contributed by atoms with Crippen molar-refractivity contribution in [3.8, 4) is 0 Å². The van der Waals surface area contributed by atoms with E-state index in [9.17, 15) is 13.6 Å². The first kappa shape index (κ1) is 20.0. The van der Waals surface area contributed by atoms with E-state index in [0.29, 0.717) is 18.1 Å². The molecule has 1 fully saturated rings. The largest absolute Gasteiger partial charge is 0.367 e. The van der Waals surface area contributed by atoms with Crippen LogP contribution in [-0.4, -0.2) is 60.9 Å². The molecule has 1 unspecified atom stereocenters. The van der Waals surface area contributed by atoms with E-state index in [2.05, 4.69) is 53.3 Å². The lowest BCUT2D eigenvalue weighted by Gasteiger charge is -2.41. The van der Waals surface area contributed by atoms with Gasteiger partial charge in [0.2, 0.25) is 0 Å². The van der Waals surface area contributed by atoms with Crippen molar-refractivity contribution in [2.24, 2.45) is 0 Å². The summed E-state index contributed by atoms with van der Waals surface area (Å²) in [7, 11) is 2.02. The normalized spacial score (nSPS) is 19.5. The number of aromatic amines is 1. The molecule has 6 bridgehead atoms. The molecule has 8 nitrogen and oxygen atoms in total. The Morgan fingerprint density at radius 1 is 1.06 bits per heavy atom. The Kier molecular flexibility index (Phi) is 4.51. The molecule has 10 heteroatoms. The number of piperazine rings is 1. The highest BCUT2D eigenvalue weighted by Crippen LogP contribution is 2.51. The van der Waals surface area contributed by atoms with Crippen molar-refractivity contribution in [2.45, 2.75) is 6.17 Å². The quantitative estimate of drug-likeness (QED) is 0.638. The van der Waals surface area contributed by atoms with Crippen molar-refractivity contribution in [1.29, 1.82) is 0 Å². The minimum Gasteiger partial charge on any atom is -0.367 e. The summed E-state index contributed by atoms with van der Waals surface area (Å²) in [5.41, 5.74) is 3.83. The predicted octanol–water partition coefficient (Wildman–Crippen LogP) is 2.99. The summed E-state index contributed by atoms with van der Waals surface area (Å²) in [6, 6.07) is 9.68. The fourth-order valence-electron chi connectivity index (χ4n) is 5.17. The molecule has 170 valence electrons. The van der Waals surface area contributed by atoms with Crippen LogP contribution in [0.15, 0.2) is 42.6 Å². The van der Waals surface area contributed by atoms with Gasteiger partial charge in [-0.2, -0.15) is 5.10 Å². The summed E-state index contributed by atoms with van der Waals surface area (Å²) in [5, 5.41) is 9.83. The summed E-state index contributed by atoms with van der Waals surface area (Å²) in [6.45, 7) is 4.59. The number of halogens is 2. The Morgan fingerprint density at radius 3 is 2.52 bits per heavy atom. The number of para-hydroxylation sites is 1. The number of benzene rings is 2. The van der Waals surface area contributed by atoms with Crippen LogP contribution >= 0.6 is 0 Å². The topological polar surface area (TPSA) is 70.7 Å². The van der Waals surface area contributed by atoms with Crippen LogP contribution in [0.4, 0.5) is 31.5 Å². The maximum absolute atomic E-state index is 14.2. The molecule has 1 amide bonds. The van der Waals surface area contributed by atoms with E-state index in [1.165, 1.54) is 18.0 Å². The second-order valence-corrected chi connectivity index (χ2v) is 8.59. The number of anilines is 4. The number of amides is 1. The second kappa shape index (κ2) is 7.45. The van der Waals surface area contributed by atoms with Gasteiger partial charge in [-0.1, -0.05) is 12.1 Å². The maximum Gasteiger partial charge on any atom is 0.261 e. The molecule has 1 atom stereocenters. The van der Waals surface area contributed by atoms with E-state index in [1.54, 1.807) is 0 Å². The fourth-order valence-corrected chi connectivity index (χ4v) is 5.17. The molecule has 4 aliphatic heterocycles. The predicted molar refractivity (Wildman–Crippen MR) is 122 cm³/mol. The number of nitrogens with zero attached hydrogens (tertiary/aromatic N) is 5. The number of carbonyl (C=O) groups is 1. The fraction of sp³-hybridized carbons (Fsp3) is 0.304. The maximum atomic E-state index is 14.2. The van der Waals surface area contributed by atoms with Gasteiger partial charge in [-0.05, 0) is 24.3 Å². The van der Waals surface area contributed by atoms with Gasteiger partial charge in [0.15, 0.2) is 0 Å². The van der Waals surface area contributed by atoms with Crippen molar-refractivity contribution in [3.05, 3.63) is 65.5 Å². The van der Waals surface area contributed by atoms with Gasteiger partial charge in [-0.25, -0.2) is 8.78 Å². The Hall–Kier alpha value is -3.66. The minimum absolute atomic E-state index is 0.273. The molecule has 0 saturated carbocycles. The molecule has 0 aliphatic carbocycles. The number of aromatic nitrogens is 2. The van der Waals surface area contributed by atoms with Gasteiger partial charge in [0.1, 0.15) is 29.1 Å². The number of hydrogen-bond donors (Lipinski definition) is 2. The van der Waals surface area contributed by atoms with Crippen molar-refractivity contribution in [1.82, 2.24) is 15.1 Å². The van der Waals surface area contributed by atoms with Crippen LogP contribution in [0, 0.1) is 11.6 Å². The van der Waals surface area contributed by atoms with Crippen molar-refractivity contribution < 1.29 is 13.6 Å². The number of H-pyrrole nitrogens is 1. The molecule has 3 aromatic rings. The molecule has 0 radical (unpaired) electrons. The second-order valence-electron chi connectivity index (χ2n) is 8.59. The Balaban J connectivity index is 1.39.